The van der Waals surface area contributed by atoms with E-state index in [2.05, 4.69) is 32.7 Å². The van der Waals surface area contributed by atoms with Crippen molar-refractivity contribution >= 4 is 23.1 Å². The Bertz CT molecular complexity index is 623. The number of nitrogens with one attached hydrogen (secondary N) is 2. The van der Waals surface area contributed by atoms with E-state index in [0.717, 1.165) is 10.7 Å². The third kappa shape index (κ3) is 3.75. The van der Waals surface area contributed by atoms with Crippen molar-refractivity contribution in [2.45, 2.75) is 33.7 Å². The van der Waals surface area contributed by atoms with Gasteiger partial charge in [0, 0.05) is 11.4 Å². The van der Waals surface area contributed by atoms with Gasteiger partial charge in [0.15, 0.2) is 5.69 Å². The predicted octanol–water partition coefficient (Wildman–Crippen LogP) is 2.47. The van der Waals surface area contributed by atoms with Crippen LogP contribution in [0.25, 0.3) is 0 Å². The topological polar surface area (TPSA) is 79.8 Å². The molecular weight excluding hydrogens is 286 g/mol. The number of thiazole rings is 1. The average molecular weight is 305 g/mol. The van der Waals surface area contributed by atoms with Crippen LogP contribution in [0.5, 0.6) is 0 Å². The van der Waals surface area contributed by atoms with Crippen molar-refractivity contribution in [3.8, 4) is 0 Å². The van der Waals surface area contributed by atoms with Gasteiger partial charge in [-0.05, 0) is 39.8 Å². The highest BCUT2D eigenvalue weighted by molar-refractivity contribution is 7.11. The van der Waals surface area contributed by atoms with Gasteiger partial charge < -0.3 is 10.6 Å². The number of hydrogen-bond donors (Lipinski definition) is 2. The number of hydrogen-bond acceptors (Lipinski definition) is 6. The van der Waals surface area contributed by atoms with Crippen LogP contribution in [0, 0.1) is 13.8 Å². The van der Waals surface area contributed by atoms with E-state index in [0.29, 0.717) is 18.1 Å². The van der Waals surface area contributed by atoms with Crippen LogP contribution in [0.3, 0.4) is 0 Å². The molecule has 2 rings (SSSR count). The lowest BCUT2D eigenvalue weighted by Gasteiger charge is -2.13. The molecular formula is C14H19N5OS. The number of rotatable bonds is 5. The van der Waals surface area contributed by atoms with Crippen molar-refractivity contribution in [1.29, 1.82) is 0 Å². The van der Waals surface area contributed by atoms with Crippen LogP contribution in [0.2, 0.25) is 0 Å². The summed E-state index contributed by atoms with van der Waals surface area (Å²) in [6.45, 7) is 8.49. The summed E-state index contributed by atoms with van der Waals surface area (Å²) in [5.74, 6) is 0.430. The van der Waals surface area contributed by atoms with E-state index >= 15 is 0 Å². The lowest BCUT2D eigenvalue weighted by atomic mass is 10.2. The van der Waals surface area contributed by atoms with Crippen LogP contribution in [-0.4, -0.2) is 27.6 Å². The zero-order valence-electron chi connectivity index (χ0n) is 12.6. The number of carbonyl (C=O) groups excluding carboxylic acids is 1. The summed E-state index contributed by atoms with van der Waals surface area (Å²) in [4.78, 5) is 17.2. The number of aryl methyl sites for hydroxylation is 2. The highest BCUT2D eigenvalue weighted by Crippen LogP contribution is 2.26. The second kappa shape index (κ2) is 6.62. The molecule has 0 saturated heterocycles. The summed E-state index contributed by atoms with van der Waals surface area (Å²) in [6.07, 6.45) is 0. The molecule has 7 heteroatoms. The molecule has 0 spiro atoms. The van der Waals surface area contributed by atoms with Crippen LogP contribution in [-0.2, 0) is 0 Å². The van der Waals surface area contributed by atoms with Gasteiger partial charge in [-0.3, -0.25) is 4.79 Å². The molecule has 0 radical (unpaired) electrons. The maximum atomic E-state index is 11.6. The molecule has 2 N–H and O–H groups in total. The second-order valence-corrected chi connectivity index (χ2v) is 5.95. The Morgan fingerprint density at radius 2 is 2.10 bits per heavy atom. The molecule has 0 aliphatic heterocycles. The van der Waals surface area contributed by atoms with Crippen molar-refractivity contribution in [2.24, 2.45) is 0 Å². The van der Waals surface area contributed by atoms with Crippen molar-refractivity contribution in [3.63, 3.8) is 0 Å². The fourth-order valence-corrected chi connectivity index (χ4v) is 2.95. The lowest BCUT2D eigenvalue weighted by Crippen LogP contribution is -2.24. The first-order chi connectivity index (χ1) is 10.0. The van der Waals surface area contributed by atoms with E-state index in [1.807, 2.05) is 20.8 Å². The van der Waals surface area contributed by atoms with Crippen LogP contribution in [0.1, 0.15) is 46.0 Å². The molecule has 0 saturated carbocycles. The van der Waals surface area contributed by atoms with Crippen molar-refractivity contribution in [1.82, 2.24) is 20.5 Å². The Labute approximate surface area is 128 Å². The standard InChI is InChI=1S/C14H19N5OS/c1-5-15-14(20)11-6-7-12(19-18-11)17-9(3)13-8(2)16-10(4)21-13/h6-7,9H,5H2,1-4H3,(H,15,20)(H,17,19). The molecule has 2 heterocycles. The van der Waals surface area contributed by atoms with Crippen molar-refractivity contribution in [2.75, 3.05) is 11.9 Å². The minimum absolute atomic E-state index is 0.0980. The Morgan fingerprint density at radius 1 is 1.33 bits per heavy atom. The average Bonchev–Trinajstić information content (AvgIpc) is 2.79. The Balaban J connectivity index is 2.06. The van der Waals surface area contributed by atoms with Gasteiger partial charge in [0.2, 0.25) is 0 Å². The SMILES string of the molecule is CCNC(=O)c1ccc(NC(C)c2sc(C)nc2C)nn1. The van der Waals surface area contributed by atoms with Crippen LogP contribution >= 0.6 is 11.3 Å². The number of anilines is 1. The number of nitrogens with zero attached hydrogens (tertiary/aromatic N) is 3. The zero-order chi connectivity index (χ0) is 15.4. The molecule has 1 atom stereocenters. The summed E-state index contributed by atoms with van der Waals surface area (Å²) < 4.78 is 0. The first-order valence-electron chi connectivity index (χ1n) is 6.83. The minimum atomic E-state index is -0.210. The molecule has 0 fully saturated rings. The molecule has 1 amide bonds. The van der Waals surface area contributed by atoms with Gasteiger partial charge in [0.1, 0.15) is 5.82 Å². The van der Waals surface area contributed by atoms with Crippen LogP contribution in [0.4, 0.5) is 5.82 Å². The molecule has 0 aliphatic rings. The predicted molar refractivity (Wildman–Crippen MR) is 83.7 cm³/mol. The monoisotopic (exact) mass is 305 g/mol. The first kappa shape index (κ1) is 15.4. The normalized spacial score (nSPS) is 12.0. The summed E-state index contributed by atoms with van der Waals surface area (Å²) >= 11 is 1.67. The Kier molecular flexibility index (Phi) is 4.85. The van der Waals surface area contributed by atoms with E-state index in [1.165, 1.54) is 4.88 Å². The number of carbonyl (C=O) groups is 1. The fraction of sp³-hybridized carbons (Fsp3) is 0.429. The van der Waals surface area contributed by atoms with E-state index in [4.69, 9.17) is 0 Å². The molecule has 2 aromatic rings. The molecule has 0 bridgehead atoms. The van der Waals surface area contributed by atoms with Gasteiger partial charge in [-0.15, -0.1) is 21.5 Å². The summed E-state index contributed by atoms with van der Waals surface area (Å²) in [7, 11) is 0. The van der Waals surface area contributed by atoms with Gasteiger partial charge in [-0.1, -0.05) is 0 Å². The molecule has 6 nitrogen and oxygen atoms in total. The van der Waals surface area contributed by atoms with Crippen molar-refractivity contribution in [3.05, 3.63) is 33.4 Å². The lowest BCUT2D eigenvalue weighted by molar-refractivity contribution is 0.0950. The molecule has 1 unspecified atom stereocenters. The number of amides is 1. The summed E-state index contributed by atoms with van der Waals surface area (Å²) in [6, 6.07) is 3.52. The van der Waals surface area contributed by atoms with Crippen LogP contribution < -0.4 is 10.6 Å². The highest BCUT2D eigenvalue weighted by Gasteiger charge is 2.14. The summed E-state index contributed by atoms with van der Waals surface area (Å²) in [5.41, 5.74) is 1.35. The van der Waals surface area contributed by atoms with E-state index in [1.54, 1.807) is 23.5 Å². The third-order valence-corrected chi connectivity index (χ3v) is 4.19. The Morgan fingerprint density at radius 3 is 2.62 bits per heavy atom. The fourth-order valence-electron chi connectivity index (χ4n) is 2.02. The third-order valence-electron chi connectivity index (χ3n) is 2.93. The first-order valence-corrected chi connectivity index (χ1v) is 7.65. The molecule has 21 heavy (non-hydrogen) atoms. The van der Waals surface area contributed by atoms with E-state index < -0.39 is 0 Å². The second-order valence-electron chi connectivity index (χ2n) is 4.71. The largest absolute Gasteiger partial charge is 0.361 e. The summed E-state index contributed by atoms with van der Waals surface area (Å²) in [5, 5.41) is 15.0. The molecule has 0 aromatic carbocycles. The molecule has 2 aromatic heterocycles. The zero-order valence-corrected chi connectivity index (χ0v) is 13.4. The molecule has 0 aliphatic carbocycles. The van der Waals surface area contributed by atoms with Gasteiger partial charge in [0.25, 0.3) is 5.91 Å². The smallest absolute Gasteiger partial charge is 0.271 e. The quantitative estimate of drug-likeness (QED) is 0.887. The van der Waals surface area contributed by atoms with Gasteiger partial charge in [-0.2, -0.15) is 0 Å². The van der Waals surface area contributed by atoms with Gasteiger partial charge >= 0.3 is 0 Å². The van der Waals surface area contributed by atoms with Crippen molar-refractivity contribution < 1.29 is 4.79 Å². The van der Waals surface area contributed by atoms with E-state index in [9.17, 15) is 4.79 Å². The maximum absolute atomic E-state index is 11.6. The maximum Gasteiger partial charge on any atom is 0.271 e. The molecule has 112 valence electrons. The number of aromatic nitrogens is 3. The Hall–Kier alpha value is -2.02. The van der Waals surface area contributed by atoms with E-state index in [-0.39, 0.29) is 11.9 Å². The van der Waals surface area contributed by atoms with Gasteiger partial charge in [0.05, 0.1) is 16.7 Å². The minimum Gasteiger partial charge on any atom is -0.361 e. The van der Waals surface area contributed by atoms with Gasteiger partial charge in [-0.25, -0.2) is 4.98 Å². The van der Waals surface area contributed by atoms with Crippen LogP contribution in [0.15, 0.2) is 12.1 Å². The highest BCUT2D eigenvalue weighted by atomic mass is 32.1.